The minimum atomic E-state index is -0.778. The molecule has 0 saturated heterocycles. The normalized spacial score (nSPS) is 18.2. The number of carbonyl (C=O) groups excluding carboxylic acids is 1. The monoisotopic (exact) mass is 458 g/mol. The smallest absolute Gasteiger partial charge is 0.320 e. The molecule has 0 radical (unpaired) electrons. The van der Waals surface area contributed by atoms with E-state index < -0.39 is 17.7 Å². The number of anilines is 3. The Morgan fingerprint density at radius 2 is 1.88 bits per heavy atom. The first-order valence-electron chi connectivity index (χ1n) is 10.1. The van der Waals surface area contributed by atoms with Gasteiger partial charge in [0.2, 0.25) is 0 Å². The molecule has 4 rings (SSSR count). The summed E-state index contributed by atoms with van der Waals surface area (Å²) in [7, 11) is 0. The average Bonchev–Trinajstić information content (AvgIpc) is 3.24. The van der Waals surface area contributed by atoms with Crippen molar-refractivity contribution in [1.29, 1.82) is 0 Å². The molecule has 1 aliphatic rings. The number of nitrogens with one attached hydrogen (secondary N) is 2. The molecule has 3 N–H and O–H groups in total. The van der Waals surface area contributed by atoms with Crippen molar-refractivity contribution in [2.75, 3.05) is 10.6 Å². The predicted octanol–water partition coefficient (Wildman–Crippen LogP) is 5.22. The summed E-state index contributed by atoms with van der Waals surface area (Å²) in [5, 5.41) is 22.3. The fourth-order valence-corrected chi connectivity index (χ4v) is 3.98. The van der Waals surface area contributed by atoms with Crippen molar-refractivity contribution in [2.45, 2.75) is 31.6 Å². The Kier molecular flexibility index (Phi) is 6.36. The lowest BCUT2D eigenvalue weighted by Crippen LogP contribution is -2.20. The molecule has 8 nitrogen and oxygen atoms in total. The second-order valence-electron chi connectivity index (χ2n) is 7.63. The molecule has 10 heteroatoms. The van der Waals surface area contributed by atoms with E-state index in [-0.39, 0.29) is 29.4 Å². The summed E-state index contributed by atoms with van der Waals surface area (Å²) in [6.07, 6.45) is 2.52. The van der Waals surface area contributed by atoms with Crippen molar-refractivity contribution in [3.8, 4) is 0 Å². The van der Waals surface area contributed by atoms with E-state index in [1.807, 2.05) is 0 Å². The first-order chi connectivity index (χ1) is 15.4. The fraction of sp³-hybridized carbons (Fsp3) is 0.273. The highest BCUT2D eigenvalue weighted by atomic mass is 35.5. The maximum atomic E-state index is 14.6. The van der Waals surface area contributed by atoms with Gasteiger partial charge in [0, 0.05) is 10.7 Å². The lowest BCUT2D eigenvalue weighted by atomic mass is 9.79. The van der Waals surface area contributed by atoms with E-state index in [1.54, 1.807) is 30.3 Å². The van der Waals surface area contributed by atoms with Crippen LogP contribution >= 0.6 is 11.6 Å². The lowest BCUT2D eigenvalue weighted by Gasteiger charge is -2.26. The molecule has 0 unspecified atom stereocenters. The van der Waals surface area contributed by atoms with Gasteiger partial charge in [-0.25, -0.2) is 4.39 Å². The Bertz CT molecular complexity index is 1140. The van der Waals surface area contributed by atoms with E-state index in [9.17, 15) is 14.0 Å². The molecule has 1 aliphatic carbocycles. The lowest BCUT2D eigenvalue weighted by molar-refractivity contribution is -0.142. The van der Waals surface area contributed by atoms with Crippen LogP contribution in [0.5, 0.6) is 0 Å². The number of halogens is 2. The van der Waals surface area contributed by atoms with Crippen molar-refractivity contribution < 1.29 is 23.5 Å². The predicted molar refractivity (Wildman–Crippen MR) is 116 cm³/mol. The molecular formula is C22H20ClFN4O4. The number of rotatable bonds is 6. The highest BCUT2D eigenvalue weighted by Gasteiger charge is 2.27. The summed E-state index contributed by atoms with van der Waals surface area (Å²) < 4.78 is 19.9. The van der Waals surface area contributed by atoms with E-state index in [4.69, 9.17) is 21.1 Å². The third-order valence-electron chi connectivity index (χ3n) is 5.48. The molecule has 1 heterocycles. The van der Waals surface area contributed by atoms with Crippen molar-refractivity contribution in [2.24, 2.45) is 5.92 Å². The first kappa shape index (κ1) is 21.8. The van der Waals surface area contributed by atoms with Crippen LogP contribution in [0.4, 0.5) is 21.8 Å². The zero-order valence-electron chi connectivity index (χ0n) is 16.8. The third-order valence-corrected chi connectivity index (χ3v) is 5.72. The Balaban J connectivity index is 1.38. The second kappa shape index (κ2) is 9.35. The van der Waals surface area contributed by atoms with Gasteiger partial charge in [-0.1, -0.05) is 28.8 Å². The van der Waals surface area contributed by atoms with Crippen LogP contribution in [0, 0.1) is 11.7 Å². The molecule has 1 aromatic heterocycles. The number of nitrogens with zero attached hydrogens (tertiary/aromatic N) is 2. The number of carboxylic acid groups (broad SMARTS) is 1. The quantitative estimate of drug-likeness (QED) is 0.463. The number of amides is 1. The summed E-state index contributed by atoms with van der Waals surface area (Å²) in [5.41, 5.74) is 1.38. The molecule has 0 spiro atoms. The number of aromatic nitrogens is 2. The maximum Gasteiger partial charge on any atom is 0.320 e. The molecule has 3 aromatic rings. The largest absolute Gasteiger partial charge is 0.481 e. The topological polar surface area (TPSA) is 117 Å². The number of hydrogen-bond donors (Lipinski definition) is 3. The summed E-state index contributed by atoms with van der Waals surface area (Å²) >= 11 is 5.92. The van der Waals surface area contributed by atoms with Crippen molar-refractivity contribution >= 4 is 40.9 Å². The maximum absolute atomic E-state index is 14.6. The average molecular weight is 459 g/mol. The molecule has 1 amide bonds. The molecule has 32 heavy (non-hydrogen) atoms. The molecule has 0 atom stereocenters. The summed E-state index contributed by atoms with van der Waals surface area (Å²) in [5.74, 6) is -2.67. The SMILES string of the molecule is O=C(Nc1ccc([C@H]2CC[C@H](C(=O)O)CC2)cc1F)c1nnc(Nc2cccc(Cl)c2)o1. The Morgan fingerprint density at radius 3 is 2.56 bits per heavy atom. The molecule has 0 aliphatic heterocycles. The van der Waals surface area contributed by atoms with E-state index >= 15 is 0 Å². The van der Waals surface area contributed by atoms with Crippen molar-refractivity contribution in [3.05, 3.63) is 64.8 Å². The van der Waals surface area contributed by atoms with Gasteiger partial charge in [-0.05, 0) is 67.5 Å². The van der Waals surface area contributed by atoms with Crippen molar-refractivity contribution in [3.63, 3.8) is 0 Å². The van der Waals surface area contributed by atoms with Gasteiger partial charge in [0.1, 0.15) is 5.82 Å². The summed E-state index contributed by atoms with van der Waals surface area (Å²) in [6, 6.07) is 11.4. The highest BCUT2D eigenvalue weighted by molar-refractivity contribution is 6.30. The van der Waals surface area contributed by atoms with Crippen LogP contribution in [0.2, 0.25) is 5.02 Å². The molecule has 2 aromatic carbocycles. The van der Waals surface area contributed by atoms with Gasteiger partial charge in [0.15, 0.2) is 0 Å². The molecule has 166 valence electrons. The zero-order valence-corrected chi connectivity index (χ0v) is 17.6. The minimum Gasteiger partial charge on any atom is -0.481 e. The van der Waals surface area contributed by atoms with Crippen molar-refractivity contribution in [1.82, 2.24) is 10.2 Å². The van der Waals surface area contributed by atoms with Gasteiger partial charge in [-0.15, -0.1) is 5.10 Å². The van der Waals surface area contributed by atoms with Crippen LogP contribution in [0.3, 0.4) is 0 Å². The molecule has 0 bridgehead atoms. The van der Waals surface area contributed by atoms with Crippen LogP contribution in [-0.4, -0.2) is 27.2 Å². The number of benzene rings is 2. The Morgan fingerprint density at radius 1 is 1.09 bits per heavy atom. The van der Waals surface area contributed by atoms with Gasteiger partial charge < -0.3 is 20.2 Å². The van der Waals surface area contributed by atoms with E-state index in [2.05, 4.69) is 20.8 Å². The second-order valence-corrected chi connectivity index (χ2v) is 8.06. The summed E-state index contributed by atoms with van der Waals surface area (Å²) in [4.78, 5) is 23.5. The van der Waals surface area contributed by atoms with Crippen LogP contribution in [-0.2, 0) is 4.79 Å². The molecular weight excluding hydrogens is 439 g/mol. The number of carbonyl (C=O) groups is 2. The van der Waals surface area contributed by atoms with Gasteiger partial charge in [-0.3, -0.25) is 9.59 Å². The number of carboxylic acids is 1. The van der Waals surface area contributed by atoms with E-state index in [0.717, 1.165) is 5.56 Å². The van der Waals surface area contributed by atoms with Gasteiger partial charge in [0.25, 0.3) is 0 Å². The van der Waals surface area contributed by atoms with Crippen LogP contribution in [0.1, 0.15) is 47.8 Å². The standard InChI is InChI=1S/C22H20ClFN4O4/c23-15-2-1-3-16(11-15)25-22-28-27-20(32-22)19(29)26-18-9-8-14(10-17(18)24)12-4-6-13(7-5-12)21(30)31/h1-3,8-13H,4-7H2,(H,25,28)(H,26,29)(H,30,31)/t12-,13-. The van der Waals surface area contributed by atoms with E-state index in [1.165, 1.54) is 12.1 Å². The van der Waals surface area contributed by atoms with Gasteiger partial charge in [0.05, 0.1) is 11.6 Å². The molecule has 1 fully saturated rings. The van der Waals surface area contributed by atoms with E-state index in [0.29, 0.717) is 36.4 Å². The third kappa shape index (κ3) is 5.05. The highest BCUT2D eigenvalue weighted by Crippen LogP contribution is 2.36. The van der Waals surface area contributed by atoms with Gasteiger partial charge in [-0.2, -0.15) is 0 Å². The summed E-state index contributed by atoms with van der Waals surface area (Å²) in [6.45, 7) is 0. The fourth-order valence-electron chi connectivity index (χ4n) is 3.79. The number of aliphatic carboxylic acids is 1. The minimum absolute atomic E-state index is 0.00907. The molecule has 1 saturated carbocycles. The van der Waals surface area contributed by atoms with Crippen LogP contribution in [0.15, 0.2) is 46.9 Å². The first-order valence-corrected chi connectivity index (χ1v) is 10.5. The van der Waals surface area contributed by atoms with Gasteiger partial charge >= 0.3 is 23.8 Å². The van der Waals surface area contributed by atoms with Crippen LogP contribution in [0.25, 0.3) is 0 Å². The van der Waals surface area contributed by atoms with Crippen LogP contribution < -0.4 is 10.6 Å². The zero-order chi connectivity index (χ0) is 22.7. The Labute approximate surface area is 187 Å². The number of hydrogen-bond acceptors (Lipinski definition) is 6. The Hall–Kier alpha value is -3.46.